The summed E-state index contributed by atoms with van der Waals surface area (Å²) in [5.41, 5.74) is 3.03. The van der Waals surface area contributed by atoms with Crippen LogP contribution in [0.25, 0.3) is 0 Å². The Morgan fingerprint density at radius 2 is 2.07 bits per heavy atom. The molecular weight excluding hydrogens is 372 g/mol. The summed E-state index contributed by atoms with van der Waals surface area (Å²) < 4.78 is 7.82. The van der Waals surface area contributed by atoms with Crippen LogP contribution in [0.15, 0.2) is 30.6 Å². The van der Waals surface area contributed by atoms with E-state index in [4.69, 9.17) is 4.74 Å². The molecule has 28 heavy (non-hydrogen) atoms. The van der Waals surface area contributed by atoms with E-state index in [0.717, 1.165) is 38.5 Å². The molecule has 1 aliphatic carbocycles. The van der Waals surface area contributed by atoms with Gasteiger partial charge in [-0.15, -0.1) is 12.4 Å². The highest BCUT2D eigenvalue weighted by Gasteiger charge is 2.56. The standard InChI is InChI=1S/C22H32N4O.ClH/c1-4-25-12-11-24-21(25)16-26(20-14-22(20)7-9-23-10-8-22)15-18-6-5-17(2)19(13-18)27-3;/h5-6,11-13,20,23H,4,7-10,14-16H2,1-3H3;1H. The highest BCUT2D eigenvalue weighted by atomic mass is 35.5. The molecule has 2 aliphatic rings. The molecule has 1 N–H and O–H groups in total. The van der Waals surface area contributed by atoms with Crippen molar-refractivity contribution in [3.05, 3.63) is 47.5 Å². The van der Waals surface area contributed by atoms with Crippen LogP contribution in [0.4, 0.5) is 0 Å². The molecule has 1 unspecified atom stereocenters. The molecule has 5 nitrogen and oxygen atoms in total. The van der Waals surface area contributed by atoms with Crippen LogP contribution in [0.3, 0.4) is 0 Å². The summed E-state index contributed by atoms with van der Waals surface area (Å²) in [6.07, 6.45) is 7.94. The van der Waals surface area contributed by atoms with Crippen LogP contribution in [0.1, 0.15) is 43.1 Å². The number of hydrogen-bond acceptors (Lipinski definition) is 4. The first-order valence-corrected chi connectivity index (χ1v) is 10.2. The van der Waals surface area contributed by atoms with Crippen LogP contribution in [0.5, 0.6) is 5.75 Å². The Morgan fingerprint density at radius 1 is 1.29 bits per heavy atom. The summed E-state index contributed by atoms with van der Waals surface area (Å²) in [6, 6.07) is 7.28. The zero-order valence-corrected chi connectivity index (χ0v) is 18.1. The molecule has 1 saturated heterocycles. The van der Waals surface area contributed by atoms with Crippen molar-refractivity contribution in [3.8, 4) is 5.75 Å². The van der Waals surface area contributed by atoms with Crippen LogP contribution < -0.4 is 10.1 Å². The van der Waals surface area contributed by atoms with Gasteiger partial charge in [0.2, 0.25) is 0 Å². The largest absolute Gasteiger partial charge is 0.496 e. The van der Waals surface area contributed by atoms with Crippen LogP contribution in [0, 0.1) is 12.3 Å². The second-order valence-corrected chi connectivity index (χ2v) is 8.17. The highest BCUT2D eigenvalue weighted by molar-refractivity contribution is 5.85. The van der Waals surface area contributed by atoms with Crippen molar-refractivity contribution in [3.63, 3.8) is 0 Å². The normalized spacial score (nSPS) is 20.2. The predicted molar refractivity (Wildman–Crippen MR) is 115 cm³/mol. The Balaban J connectivity index is 0.00000225. The van der Waals surface area contributed by atoms with Gasteiger partial charge in [0.25, 0.3) is 0 Å². The number of piperidine rings is 1. The predicted octanol–water partition coefficient (Wildman–Crippen LogP) is 3.79. The van der Waals surface area contributed by atoms with E-state index in [9.17, 15) is 0 Å². The van der Waals surface area contributed by atoms with Gasteiger partial charge in [-0.1, -0.05) is 12.1 Å². The van der Waals surface area contributed by atoms with Gasteiger partial charge in [0.05, 0.1) is 13.7 Å². The zero-order valence-electron chi connectivity index (χ0n) is 17.3. The SMILES string of the molecule is CCn1ccnc1CN(Cc1ccc(C)c(OC)c1)C1CC12CCNCC2.Cl. The molecule has 1 saturated carbocycles. The lowest BCUT2D eigenvalue weighted by Gasteiger charge is -2.29. The third kappa shape index (κ3) is 4.22. The van der Waals surface area contributed by atoms with Gasteiger partial charge in [0.1, 0.15) is 11.6 Å². The Bertz CT molecular complexity index is 785. The fraction of sp³-hybridized carbons (Fsp3) is 0.591. The average Bonchev–Trinajstić information content (AvgIpc) is 3.17. The second kappa shape index (κ2) is 8.85. The third-order valence-corrected chi connectivity index (χ3v) is 6.53. The maximum absolute atomic E-state index is 5.55. The summed E-state index contributed by atoms with van der Waals surface area (Å²) in [5.74, 6) is 2.16. The van der Waals surface area contributed by atoms with E-state index >= 15 is 0 Å². The quantitative estimate of drug-likeness (QED) is 0.762. The highest BCUT2D eigenvalue weighted by Crippen LogP contribution is 2.56. The fourth-order valence-corrected chi connectivity index (χ4v) is 4.74. The lowest BCUT2D eigenvalue weighted by molar-refractivity contribution is 0.182. The average molecular weight is 405 g/mol. The number of nitrogens with one attached hydrogen (secondary N) is 1. The molecule has 0 radical (unpaired) electrons. The number of benzene rings is 1. The van der Waals surface area contributed by atoms with Gasteiger partial charge in [-0.25, -0.2) is 4.98 Å². The molecule has 2 aromatic rings. The summed E-state index contributed by atoms with van der Waals surface area (Å²) in [7, 11) is 1.76. The van der Waals surface area contributed by atoms with Crippen molar-refractivity contribution in [1.29, 1.82) is 0 Å². The molecule has 0 bridgehead atoms. The van der Waals surface area contributed by atoms with Crippen LogP contribution in [-0.4, -0.2) is 40.7 Å². The molecular formula is C22H33ClN4O. The van der Waals surface area contributed by atoms with Crippen molar-refractivity contribution in [2.45, 2.75) is 58.8 Å². The van der Waals surface area contributed by atoms with Crippen LogP contribution >= 0.6 is 12.4 Å². The number of imidazole rings is 1. The molecule has 6 heteroatoms. The molecule has 1 aliphatic heterocycles. The summed E-state index contributed by atoms with van der Waals surface area (Å²) in [5, 5.41) is 3.52. The van der Waals surface area contributed by atoms with Gasteiger partial charge in [-0.2, -0.15) is 0 Å². The van der Waals surface area contributed by atoms with Crippen molar-refractivity contribution < 1.29 is 4.74 Å². The van der Waals surface area contributed by atoms with Crippen LogP contribution in [-0.2, 0) is 19.6 Å². The Morgan fingerprint density at radius 3 is 2.79 bits per heavy atom. The van der Waals surface area contributed by atoms with E-state index in [0.29, 0.717) is 11.5 Å². The van der Waals surface area contributed by atoms with Crippen molar-refractivity contribution in [2.75, 3.05) is 20.2 Å². The number of methoxy groups -OCH3 is 1. The van der Waals surface area contributed by atoms with E-state index in [1.54, 1.807) is 7.11 Å². The first-order valence-electron chi connectivity index (χ1n) is 10.2. The second-order valence-electron chi connectivity index (χ2n) is 8.17. The number of aryl methyl sites for hydroxylation is 2. The molecule has 4 rings (SSSR count). The monoisotopic (exact) mass is 404 g/mol. The maximum Gasteiger partial charge on any atom is 0.122 e. The maximum atomic E-state index is 5.55. The van der Waals surface area contributed by atoms with Crippen molar-refractivity contribution in [1.82, 2.24) is 19.8 Å². The molecule has 1 aromatic carbocycles. The number of nitrogens with zero attached hydrogens (tertiary/aromatic N) is 3. The smallest absolute Gasteiger partial charge is 0.122 e. The van der Waals surface area contributed by atoms with E-state index in [1.165, 1.54) is 36.2 Å². The van der Waals surface area contributed by atoms with E-state index in [1.807, 2.05) is 6.20 Å². The topological polar surface area (TPSA) is 42.3 Å². The summed E-state index contributed by atoms with van der Waals surface area (Å²) in [6.45, 7) is 9.44. The lowest BCUT2D eigenvalue weighted by Crippen LogP contribution is -2.36. The minimum atomic E-state index is 0. The Kier molecular flexibility index (Phi) is 6.69. The number of rotatable bonds is 7. The van der Waals surface area contributed by atoms with Gasteiger partial charge >= 0.3 is 0 Å². The van der Waals surface area contributed by atoms with Crippen molar-refractivity contribution in [2.24, 2.45) is 5.41 Å². The van der Waals surface area contributed by atoms with Gasteiger partial charge in [-0.3, -0.25) is 4.90 Å². The number of hydrogen-bond donors (Lipinski definition) is 1. The number of halogens is 1. The number of aromatic nitrogens is 2. The Hall–Kier alpha value is -1.56. The minimum Gasteiger partial charge on any atom is -0.496 e. The van der Waals surface area contributed by atoms with E-state index in [-0.39, 0.29) is 12.4 Å². The lowest BCUT2D eigenvalue weighted by atomic mass is 9.93. The molecule has 154 valence electrons. The first kappa shape index (κ1) is 21.2. The van der Waals surface area contributed by atoms with Crippen molar-refractivity contribution >= 4 is 12.4 Å². The van der Waals surface area contributed by atoms with Gasteiger partial charge < -0.3 is 14.6 Å². The zero-order chi connectivity index (χ0) is 18.9. The van der Waals surface area contributed by atoms with Crippen LogP contribution in [0.2, 0.25) is 0 Å². The molecule has 1 atom stereocenters. The molecule has 1 spiro atoms. The fourth-order valence-electron chi connectivity index (χ4n) is 4.74. The number of ether oxygens (including phenoxy) is 1. The van der Waals surface area contributed by atoms with E-state index < -0.39 is 0 Å². The molecule has 2 heterocycles. The summed E-state index contributed by atoms with van der Waals surface area (Å²) in [4.78, 5) is 7.30. The molecule has 1 aromatic heterocycles. The molecule has 2 fully saturated rings. The van der Waals surface area contributed by atoms with Gasteiger partial charge in [0, 0.05) is 31.5 Å². The van der Waals surface area contributed by atoms with Gasteiger partial charge in [0.15, 0.2) is 0 Å². The summed E-state index contributed by atoms with van der Waals surface area (Å²) >= 11 is 0. The Labute approximate surface area is 174 Å². The third-order valence-electron chi connectivity index (χ3n) is 6.53. The first-order chi connectivity index (χ1) is 13.1. The minimum absolute atomic E-state index is 0. The van der Waals surface area contributed by atoms with E-state index in [2.05, 4.69) is 58.0 Å². The van der Waals surface area contributed by atoms with Gasteiger partial charge in [-0.05, 0) is 68.8 Å². The molecule has 0 amide bonds.